The van der Waals surface area contributed by atoms with Crippen LogP contribution in [0.5, 0.6) is 0 Å². The summed E-state index contributed by atoms with van der Waals surface area (Å²) in [4.78, 5) is 7.47. The molecule has 8 nitrogen and oxygen atoms in total. The van der Waals surface area contributed by atoms with E-state index in [0.29, 0.717) is 6.04 Å². The van der Waals surface area contributed by atoms with Crippen LogP contribution in [0.4, 0.5) is 5.69 Å². The number of nitrogens with zero attached hydrogens (tertiary/aromatic N) is 5. The van der Waals surface area contributed by atoms with Gasteiger partial charge in [0.25, 0.3) is 0 Å². The summed E-state index contributed by atoms with van der Waals surface area (Å²) in [5.74, 6) is 0.858. The maximum absolute atomic E-state index is 5.98. The number of rotatable bonds is 5. The lowest BCUT2D eigenvalue weighted by atomic mass is 9.95. The van der Waals surface area contributed by atoms with E-state index in [1.165, 1.54) is 19.3 Å². The molecule has 146 valence electrons. The third-order valence-corrected chi connectivity index (χ3v) is 5.80. The van der Waals surface area contributed by atoms with Crippen LogP contribution in [0.25, 0.3) is 11.0 Å². The van der Waals surface area contributed by atoms with Gasteiger partial charge in [0.2, 0.25) is 0 Å². The van der Waals surface area contributed by atoms with E-state index in [0.717, 1.165) is 48.2 Å². The molecular weight excluding hydrogens is 354 g/mol. The molecule has 0 bridgehead atoms. The highest BCUT2D eigenvalue weighted by molar-refractivity contribution is 5.78. The van der Waals surface area contributed by atoms with Gasteiger partial charge in [0, 0.05) is 5.69 Å². The minimum absolute atomic E-state index is 0.0178. The number of benzene rings is 1. The van der Waals surface area contributed by atoms with Gasteiger partial charge in [-0.15, -0.1) is 5.10 Å². The minimum Gasteiger partial charge on any atom is -0.496 e. The van der Waals surface area contributed by atoms with Crippen molar-refractivity contribution in [3.05, 3.63) is 42.7 Å². The van der Waals surface area contributed by atoms with E-state index >= 15 is 0 Å². The number of ether oxygens (including phenoxy) is 1. The Morgan fingerprint density at radius 1 is 1.18 bits per heavy atom. The Labute approximate surface area is 163 Å². The van der Waals surface area contributed by atoms with Gasteiger partial charge < -0.3 is 15.0 Å². The fraction of sp³-hybridized carbons (Fsp3) is 0.500. The topological polar surface area (TPSA) is 93.5 Å². The van der Waals surface area contributed by atoms with Crippen molar-refractivity contribution in [2.45, 2.75) is 63.1 Å². The fourth-order valence-corrected chi connectivity index (χ4v) is 4.32. The molecule has 1 saturated carbocycles. The van der Waals surface area contributed by atoms with Crippen LogP contribution in [0.3, 0.4) is 0 Å². The molecule has 2 N–H and O–H groups in total. The van der Waals surface area contributed by atoms with Crippen molar-refractivity contribution in [1.29, 1.82) is 0 Å². The number of imidazole rings is 1. The van der Waals surface area contributed by atoms with Gasteiger partial charge >= 0.3 is 0 Å². The number of allylic oxidation sites excluding steroid dienone is 1. The second-order valence-electron chi connectivity index (χ2n) is 7.65. The van der Waals surface area contributed by atoms with E-state index in [4.69, 9.17) is 4.74 Å². The molecule has 0 radical (unpaired) electrons. The van der Waals surface area contributed by atoms with Crippen molar-refractivity contribution in [2.75, 3.05) is 5.32 Å². The Kier molecular flexibility index (Phi) is 4.68. The summed E-state index contributed by atoms with van der Waals surface area (Å²) in [5, 5.41) is 16.5. The maximum Gasteiger partial charge on any atom is 0.177 e. The summed E-state index contributed by atoms with van der Waals surface area (Å²) in [6.45, 7) is 0. The molecular formula is C20H25N7O. The lowest BCUT2D eigenvalue weighted by Gasteiger charge is -2.31. The monoisotopic (exact) mass is 379 g/mol. The van der Waals surface area contributed by atoms with Crippen molar-refractivity contribution < 1.29 is 4.74 Å². The van der Waals surface area contributed by atoms with Gasteiger partial charge in [-0.1, -0.05) is 19.3 Å². The molecule has 3 aromatic rings. The maximum atomic E-state index is 5.98. The first kappa shape index (κ1) is 17.2. The number of anilines is 1. The number of aromatic amines is 1. The van der Waals surface area contributed by atoms with Gasteiger partial charge in [0.05, 0.1) is 29.7 Å². The largest absolute Gasteiger partial charge is 0.496 e. The molecule has 1 fully saturated rings. The molecule has 5 rings (SSSR count). The molecule has 0 spiro atoms. The molecule has 1 aliphatic carbocycles. The Hall–Kier alpha value is -2.90. The zero-order valence-electron chi connectivity index (χ0n) is 15.8. The van der Waals surface area contributed by atoms with E-state index in [-0.39, 0.29) is 12.1 Å². The van der Waals surface area contributed by atoms with Crippen LogP contribution >= 0.6 is 0 Å². The van der Waals surface area contributed by atoms with Crippen LogP contribution in [0.2, 0.25) is 0 Å². The first-order chi connectivity index (χ1) is 13.9. The number of tetrazole rings is 1. The first-order valence-electron chi connectivity index (χ1n) is 10.2. The predicted molar refractivity (Wildman–Crippen MR) is 106 cm³/mol. The second kappa shape index (κ2) is 7.61. The smallest absolute Gasteiger partial charge is 0.177 e. The van der Waals surface area contributed by atoms with Gasteiger partial charge in [-0.05, 0) is 60.4 Å². The highest BCUT2D eigenvalue weighted by Gasteiger charge is 2.32. The molecule has 2 aliphatic rings. The number of fused-ring (bicyclic) bond motifs is 1. The Bertz CT molecular complexity index is 956. The van der Waals surface area contributed by atoms with Crippen molar-refractivity contribution >= 4 is 16.7 Å². The normalized spacial score (nSPS) is 21.5. The van der Waals surface area contributed by atoms with Crippen LogP contribution in [-0.2, 0) is 4.74 Å². The van der Waals surface area contributed by atoms with E-state index in [1.807, 2.05) is 16.8 Å². The van der Waals surface area contributed by atoms with Crippen molar-refractivity contribution in [2.24, 2.45) is 0 Å². The summed E-state index contributed by atoms with van der Waals surface area (Å²) >= 11 is 0. The van der Waals surface area contributed by atoms with Crippen LogP contribution in [0.15, 0.2) is 36.9 Å². The van der Waals surface area contributed by atoms with Crippen molar-refractivity contribution in [1.82, 2.24) is 30.2 Å². The van der Waals surface area contributed by atoms with Gasteiger partial charge in [-0.3, -0.25) is 0 Å². The summed E-state index contributed by atoms with van der Waals surface area (Å²) in [6.07, 6.45) is 13.5. The molecule has 0 amide bonds. The Morgan fingerprint density at radius 2 is 2.11 bits per heavy atom. The number of hydrogen-bond donors (Lipinski definition) is 2. The summed E-state index contributed by atoms with van der Waals surface area (Å²) in [7, 11) is 0. The van der Waals surface area contributed by atoms with Gasteiger partial charge in [0.1, 0.15) is 12.1 Å². The minimum atomic E-state index is -0.123. The summed E-state index contributed by atoms with van der Waals surface area (Å²) < 4.78 is 8.01. The molecule has 8 heteroatoms. The SMILES string of the molecule is C1=COC(C(Nc2ccc3nc[nH]c3c2)c2nnnn2C2CCCCC2)CC1. The molecule has 2 unspecified atom stereocenters. The molecule has 2 aromatic heterocycles. The molecule has 0 saturated heterocycles. The summed E-state index contributed by atoms with van der Waals surface area (Å²) in [6, 6.07) is 6.38. The number of aromatic nitrogens is 6. The quantitative estimate of drug-likeness (QED) is 0.698. The van der Waals surface area contributed by atoms with E-state index in [9.17, 15) is 0 Å². The van der Waals surface area contributed by atoms with Crippen LogP contribution < -0.4 is 5.32 Å². The van der Waals surface area contributed by atoms with Gasteiger partial charge in [0.15, 0.2) is 5.82 Å². The van der Waals surface area contributed by atoms with E-state index in [2.05, 4.69) is 43.0 Å². The number of H-pyrrole nitrogens is 1. The third kappa shape index (κ3) is 3.34. The first-order valence-corrected chi connectivity index (χ1v) is 10.2. The zero-order chi connectivity index (χ0) is 18.8. The van der Waals surface area contributed by atoms with Crippen LogP contribution in [-0.4, -0.2) is 36.3 Å². The lowest BCUT2D eigenvalue weighted by molar-refractivity contribution is 0.1000. The van der Waals surface area contributed by atoms with Gasteiger partial charge in [-0.25, -0.2) is 9.67 Å². The Morgan fingerprint density at radius 3 is 2.96 bits per heavy atom. The molecule has 1 aromatic carbocycles. The average molecular weight is 379 g/mol. The lowest BCUT2D eigenvalue weighted by Crippen LogP contribution is -2.32. The average Bonchev–Trinajstić information content (AvgIpc) is 3.42. The third-order valence-electron chi connectivity index (χ3n) is 5.80. The molecule has 28 heavy (non-hydrogen) atoms. The van der Waals surface area contributed by atoms with E-state index in [1.54, 1.807) is 12.6 Å². The van der Waals surface area contributed by atoms with Crippen molar-refractivity contribution in [3.63, 3.8) is 0 Å². The zero-order valence-corrected chi connectivity index (χ0v) is 15.8. The van der Waals surface area contributed by atoms with E-state index < -0.39 is 0 Å². The van der Waals surface area contributed by atoms with Crippen LogP contribution in [0.1, 0.15) is 62.9 Å². The Balaban J connectivity index is 1.48. The fourth-order valence-electron chi connectivity index (χ4n) is 4.32. The molecule has 1 aliphatic heterocycles. The second-order valence-corrected chi connectivity index (χ2v) is 7.65. The molecule has 2 atom stereocenters. The standard InChI is InChI=1S/C20H25N7O/c1-2-6-15(7-3-1)27-20(24-25-26-27)19(18-8-4-5-11-28-18)23-14-9-10-16-17(12-14)22-13-21-16/h5,9-13,15,18-19,23H,1-4,6-8H2,(H,21,22). The number of hydrogen-bond acceptors (Lipinski definition) is 6. The highest BCUT2D eigenvalue weighted by Crippen LogP contribution is 2.33. The highest BCUT2D eigenvalue weighted by atomic mass is 16.5. The predicted octanol–water partition coefficient (Wildman–Crippen LogP) is 3.90. The summed E-state index contributed by atoms with van der Waals surface area (Å²) in [5.41, 5.74) is 2.95. The van der Waals surface area contributed by atoms with Crippen molar-refractivity contribution in [3.8, 4) is 0 Å². The van der Waals surface area contributed by atoms with Gasteiger partial charge in [-0.2, -0.15) is 0 Å². The van der Waals surface area contributed by atoms with Crippen LogP contribution in [0, 0.1) is 0 Å². The number of nitrogens with one attached hydrogen (secondary N) is 2. The molecule has 3 heterocycles.